The minimum Gasteiger partial charge on any atom is -0.389 e. The highest BCUT2D eigenvalue weighted by molar-refractivity contribution is 7.18. The zero-order chi connectivity index (χ0) is 18.2. The number of likely N-dealkylation sites (tertiary alicyclic amines) is 1. The van der Waals surface area contributed by atoms with Crippen LogP contribution in [-0.4, -0.2) is 51.8 Å². The van der Waals surface area contributed by atoms with Gasteiger partial charge in [0.1, 0.15) is 16.5 Å². The molecule has 0 radical (unpaired) electrons. The minimum atomic E-state index is -0.763. The third kappa shape index (κ3) is 4.13. The largest absolute Gasteiger partial charge is 0.389 e. The maximum Gasteiger partial charge on any atom is 0.146 e. The van der Waals surface area contributed by atoms with E-state index < -0.39 is 5.60 Å². The number of rotatable bonds is 6. The molecule has 0 atom stereocenters. The first kappa shape index (κ1) is 18.5. The van der Waals surface area contributed by atoms with Crippen molar-refractivity contribution in [2.45, 2.75) is 59.6 Å². The second kappa shape index (κ2) is 7.17. The third-order valence-electron chi connectivity index (χ3n) is 4.88. The molecule has 0 aromatic carbocycles. The number of fused-ring (bicyclic) bond motifs is 1. The van der Waals surface area contributed by atoms with Gasteiger partial charge in [-0.15, -0.1) is 11.3 Å². The average Bonchev–Trinajstić information content (AvgIpc) is 3.12. The molecule has 0 aliphatic carbocycles. The summed E-state index contributed by atoms with van der Waals surface area (Å²) in [5.74, 6) is 1.88. The van der Waals surface area contributed by atoms with Crippen molar-refractivity contribution in [1.82, 2.24) is 14.9 Å². The van der Waals surface area contributed by atoms with E-state index in [-0.39, 0.29) is 0 Å². The molecule has 1 saturated heterocycles. The fourth-order valence-corrected chi connectivity index (χ4v) is 4.56. The molecular weight excluding hydrogens is 332 g/mol. The minimum absolute atomic E-state index is 0.563. The first-order chi connectivity index (χ1) is 11.8. The van der Waals surface area contributed by atoms with Gasteiger partial charge in [0, 0.05) is 18.0 Å². The van der Waals surface area contributed by atoms with Crippen LogP contribution in [0, 0.1) is 13.8 Å². The number of likely N-dealkylation sites (N-methyl/N-ethyl adjacent to an activating group) is 1. The van der Waals surface area contributed by atoms with E-state index in [1.807, 2.05) is 13.8 Å². The van der Waals surface area contributed by atoms with E-state index in [9.17, 15) is 5.11 Å². The van der Waals surface area contributed by atoms with Crippen LogP contribution in [0.2, 0.25) is 0 Å². The molecule has 0 bridgehead atoms. The lowest BCUT2D eigenvalue weighted by Crippen LogP contribution is -2.39. The molecule has 3 heterocycles. The van der Waals surface area contributed by atoms with Gasteiger partial charge in [0.05, 0.1) is 17.5 Å². The summed E-state index contributed by atoms with van der Waals surface area (Å²) in [7, 11) is 0. The van der Waals surface area contributed by atoms with Crippen molar-refractivity contribution < 1.29 is 5.11 Å². The fourth-order valence-electron chi connectivity index (χ4n) is 3.52. The normalized spacial score (nSPS) is 16.1. The van der Waals surface area contributed by atoms with Crippen LogP contribution in [0.1, 0.15) is 49.9 Å². The summed E-state index contributed by atoms with van der Waals surface area (Å²) < 4.78 is 0. The number of hydrogen-bond acceptors (Lipinski definition) is 6. The van der Waals surface area contributed by atoms with Gasteiger partial charge in [0.25, 0.3) is 0 Å². The number of aliphatic hydroxyl groups is 1. The molecule has 25 heavy (non-hydrogen) atoms. The van der Waals surface area contributed by atoms with E-state index in [1.54, 1.807) is 11.3 Å². The van der Waals surface area contributed by atoms with Gasteiger partial charge < -0.3 is 10.0 Å². The van der Waals surface area contributed by atoms with E-state index in [1.165, 1.54) is 23.3 Å². The summed E-state index contributed by atoms with van der Waals surface area (Å²) in [5, 5.41) is 11.5. The number of thiophene rings is 1. The lowest BCUT2D eigenvalue weighted by atomic mass is 10.1. The number of hydrogen-bond donors (Lipinski definition) is 1. The summed E-state index contributed by atoms with van der Waals surface area (Å²) in [6.45, 7) is 14.6. The summed E-state index contributed by atoms with van der Waals surface area (Å²) in [6.07, 6.45) is 2.54. The van der Waals surface area contributed by atoms with Crippen LogP contribution in [-0.2, 0) is 6.54 Å². The highest BCUT2D eigenvalue weighted by atomic mass is 32.1. The van der Waals surface area contributed by atoms with Gasteiger partial charge >= 0.3 is 0 Å². The molecule has 1 N–H and O–H groups in total. The molecule has 1 aliphatic rings. The molecule has 1 aliphatic heterocycles. The maximum absolute atomic E-state index is 10.3. The standard InChI is InChI=1S/C19H30N4OS/c1-6-23(12-19(4,5)24)17-16-13(2)14(3)25-18(16)21-15(20-17)11-22-9-7-8-10-22/h24H,6-12H2,1-5H3. The average molecular weight is 363 g/mol. The van der Waals surface area contributed by atoms with Crippen LogP contribution in [0.15, 0.2) is 0 Å². The lowest BCUT2D eigenvalue weighted by molar-refractivity contribution is 0.0874. The van der Waals surface area contributed by atoms with Crippen LogP contribution in [0.5, 0.6) is 0 Å². The fraction of sp³-hybridized carbons (Fsp3) is 0.684. The van der Waals surface area contributed by atoms with Crippen LogP contribution in [0.4, 0.5) is 5.82 Å². The predicted molar refractivity (Wildman–Crippen MR) is 106 cm³/mol. The molecule has 138 valence electrons. The van der Waals surface area contributed by atoms with E-state index >= 15 is 0 Å². The van der Waals surface area contributed by atoms with Crippen LogP contribution >= 0.6 is 11.3 Å². The van der Waals surface area contributed by atoms with Gasteiger partial charge in [0.2, 0.25) is 0 Å². The Hall–Kier alpha value is -1.24. The number of nitrogens with zero attached hydrogens (tertiary/aromatic N) is 4. The quantitative estimate of drug-likeness (QED) is 0.852. The summed E-state index contributed by atoms with van der Waals surface area (Å²) in [5.41, 5.74) is 0.499. The molecule has 0 saturated carbocycles. The molecule has 6 heteroatoms. The van der Waals surface area contributed by atoms with E-state index in [0.29, 0.717) is 6.54 Å². The van der Waals surface area contributed by atoms with Crippen molar-refractivity contribution >= 4 is 27.4 Å². The Morgan fingerprint density at radius 3 is 2.48 bits per heavy atom. The van der Waals surface area contributed by atoms with Crippen molar-refractivity contribution in [2.75, 3.05) is 31.1 Å². The van der Waals surface area contributed by atoms with Crippen molar-refractivity contribution in [3.8, 4) is 0 Å². The molecule has 3 rings (SSSR count). The van der Waals surface area contributed by atoms with E-state index in [4.69, 9.17) is 9.97 Å². The Bertz CT molecular complexity index is 744. The van der Waals surface area contributed by atoms with Gasteiger partial charge in [0.15, 0.2) is 0 Å². The molecule has 2 aromatic heterocycles. The summed E-state index contributed by atoms with van der Waals surface area (Å²) >= 11 is 1.75. The number of aromatic nitrogens is 2. The van der Waals surface area contributed by atoms with Gasteiger partial charge in [-0.05, 0) is 66.1 Å². The topological polar surface area (TPSA) is 52.5 Å². The van der Waals surface area contributed by atoms with Gasteiger partial charge in [-0.1, -0.05) is 0 Å². The van der Waals surface area contributed by atoms with Crippen LogP contribution in [0.3, 0.4) is 0 Å². The zero-order valence-electron chi connectivity index (χ0n) is 16.1. The summed E-state index contributed by atoms with van der Waals surface area (Å²) in [6, 6.07) is 0. The number of anilines is 1. The van der Waals surface area contributed by atoms with Crippen molar-refractivity contribution in [1.29, 1.82) is 0 Å². The maximum atomic E-state index is 10.3. The van der Waals surface area contributed by atoms with E-state index in [0.717, 1.165) is 48.0 Å². The predicted octanol–water partition coefficient (Wildman–Crippen LogP) is 3.50. The Morgan fingerprint density at radius 2 is 1.88 bits per heavy atom. The van der Waals surface area contributed by atoms with Crippen molar-refractivity contribution in [3.63, 3.8) is 0 Å². The SMILES string of the molecule is CCN(CC(C)(C)O)c1nc(CN2CCCC2)nc2sc(C)c(C)c12. The van der Waals surface area contributed by atoms with Crippen molar-refractivity contribution in [3.05, 3.63) is 16.3 Å². The third-order valence-corrected chi connectivity index (χ3v) is 5.98. The van der Waals surface area contributed by atoms with Crippen LogP contribution in [0.25, 0.3) is 10.2 Å². The lowest BCUT2D eigenvalue weighted by Gasteiger charge is -2.30. The van der Waals surface area contributed by atoms with E-state index in [2.05, 4.69) is 30.6 Å². The highest BCUT2D eigenvalue weighted by Crippen LogP contribution is 2.35. The highest BCUT2D eigenvalue weighted by Gasteiger charge is 2.24. The smallest absolute Gasteiger partial charge is 0.146 e. The molecule has 5 nitrogen and oxygen atoms in total. The van der Waals surface area contributed by atoms with Gasteiger partial charge in [-0.3, -0.25) is 4.90 Å². The monoisotopic (exact) mass is 362 g/mol. The van der Waals surface area contributed by atoms with Gasteiger partial charge in [-0.2, -0.15) is 0 Å². The Labute approximate surface area is 154 Å². The van der Waals surface area contributed by atoms with Gasteiger partial charge in [-0.25, -0.2) is 9.97 Å². The number of aryl methyl sites for hydroxylation is 2. The second-order valence-corrected chi connectivity index (χ2v) is 8.94. The molecule has 1 fully saturated rings. The molecule has 0 amide bonds. The molecule has 0 spiro atoms. The second-order valence-electron chi connectivity index (χ2n) is 7.74. The molecular formula is C19H30N4OS. The molecule has 0 unspecified atom stereocenters. The first-order valence-electron chi connectivity index (χ1n) is 9.25. The Balaban J connectivity index is 2.05. The Kier molecular flexibility index (Phi) is 5.32. The zero-order valence-corrected chi connectivity index (χ0v) is 16.9. The Morgan fingerprint density at radius 1 is 1.20 bits per heavy atom. The van der Waals surface area contributed by atoms with Crippen LogP contribution < -0.4 is 4.90 Å². The van der Waals surface area contributed by atoms with Crippen molar-refractivity contribution in [2.24, 2.45) is 0 Å². The molecule has 2 aromatic rings. The first-order valence-corrected chi connectivity index (χ1v) is 10.1. The summed E-state index contributed by atoms with van der Waals surface area (Å²) in [4.78, 5) is 16.8.